The van der Waals surface area contributed by atoms with Gasteiger partial charge >= 0.3 is 6.18 Å². The van der Waals surface area contributed by atoms with Gasteiger partial charge in [-0.25, -0.2) is 0 Å². The smallest absolute Gasteiger partial charge is 0.416 e. The maximum atomic E-state index is 13.0. The van der Waals surface area contributed by atoms with Crippen LogP contribution >= 0.6 is 12.4 Å². The monoisotopic (exact) mass is 492 g/mol. The van der Waals surface area contributed by atoms with E-state index in [0.717, 1.165) is 28.9 Å². The molecular formula is C26H28ClF3N2O2. The standard InChI is InChI=1S/C26H27F3N2O2.ClH/c1-30-25(32)24(20-9-4-3-5-10-20)31(22-11-6-12-23(18-22)33-2)17-7-8-19-13-15-21(16-14-19)26(27,28)29;/h3-6,9-16,18,24H,7-8,17H2,1-2H3,(H,30,32);1H/t24-;/m0./s1. The highest BCUT2D eigenvalue weighted by Crippen LogP contribution is 2.31. The van der Waals surface area contributed by atoms with Crippen LogP contribution in [0, 0.1) is 0 Å². The Balaban J connectivity index is 0.00000408. The second-order valence-corrected chi connectivity index (χ2v) is 7.62. The van der Waals surface area contributed by atoms with Crippen molar-refractivity contribution in [2.45, 2.75) is 25.1 Å². The van der Waals surface area contributed by atoms with Gasteiger partial charge in [0, 0.05) is 25.3 Å². The molecule has 0 fully saturated rings. The lowest BCUT2D eigenvalue weighted by atomic mass is 10.0. The van der Waals surface area contributed by atoms with Crippen LogP contribution in [0.5, 0.6) is 5.75 Å². The second kappa shape index (κ2) is 12.3. The molecule has 1 atom stereocenters. The number of hydrogen-bond acceptors (Lipinski definition) is 3. The highest BCUT2D eigenvalue weighted by Gasteiger charge is 2.30. The number of nitrogens with one attached hydrogen (secondary N) is 1. The molecule has 182 valence electrons. The van der Waals surface area contributed by atoms with Crippen molar-refractivity contribution in [2.24, 2.45) is 0 Å². The normalized spacial score (nSPS) is 11.8. The number of likely N-dealkylation sites (N-methyl/N-ethyl adjacent to an activating group) is 1. The quantitative estimate of drug-likeness (QED) is 0.394. The Bertz CT molecular complexity index is 1040. The van der Waals surface area contributed by atoms with E-state index in [4.69, 9.17) is 4.74 Å². The minimum Gasteiger partial charge on any atom is -0.497 e. The average Bonchev–Trinajstić information content (AvgIpc) is 2.83. The van der Waals surface area contributed by atoms with Crippen molar-refractivity contribution in [3.8, 4) is 5.75 Å². The summed E-state index contributed by atoms with van der Waals surface area (Å²) in [7, 11) is 3.19. The van der Waals surface area contributed by atoms with E-state index in [1.165, 1.54) is 12.1 Å². The lowest BCUT2D eigenvalue weighted by Crippen LogP contribution is -2.40. The summed E-state index contributed by atoms with van der Waals surface area (Å²) in [6, 6.07) is 21.6. The van der Waals surface area contributed by atoms with Gasteiger partial charge in [0.15, 0.2) is 0 Å². The van der Waals surface area contributed by atoms with E-state index in [1.807, 2.05) is 59.5 Å². The summed E-state index contributed by atoms with van der Waals surface area (Å²) in [4.78, 5) is 15.0. The molecule has 4 nitrogen and oxygen atoms in total. The van der Waals surface area contributed by atoms with Crippen LogP contribution in [-0.4, -0.2) is 26.6 Å². The van der Waals surface area contributed by atoms with Gasteiger partial charge in [-0.05, 0) is 48.2 Å². The number of aryl methyl sites for hydroxylation is 1. The molecule has 1 amide bonds. The summed E-state index contributed by atoms with van der Waals surface area (Å²) >= 11 is 0. The molecule has 34 heavy (non-hydrogen) atoms. The molecule has 0 unspecified atom stereocenters. The molecule has 3 aromatic carbocycles. The third-order valence-corrected chi connectivity index (χ3v) is 5.45. The zero-order valence-corrected chi connectivity index (χ0v) is 19.8. The molecule has 0 aromatic heterocycles. The van der Waals surface area contributed by atoms with Gasteiger partial charge in [0.1, 0.15) is 11.8 Å². The van der Waals surface area contributed by atoms with Gasteiger partial charge in [0.05, 0.1) is 12.7 Å². The Labute approximate surface area is 204 Å². The fourth-order valence-corrected chi connectivity index (χ4v) is 3.76. The van der Waals surface area contributed by atoms with E-state index < -0.39 is 17.8 Å². The Morgan fingerprint density at radius 3 is 2.26 bits per heavy atom. The van der Waals surface area contributed by atoms with Crippen LogP contribution in [0.3, 0.4) is 0 Å². The highest BCUT2D eigenvalue weighted by atomic mass is 35.5. The number of amides is 1. The van der Waals surface area contributed by atoms with Crippen molar-refractivity contribution in [3.63, 3.8) is 0 Å². The highest BCUT2D eigenvalue weighted by molar-refractivity contribution is 5.86. The van der Waals surface area contributed by atoms with Crippen molar-refractivity contribution >= 4 is 24.0 Å². The summed E-state index contributed by atoms with van der Waals surface area (Å²) < 4.78 is 43.9. The number of carbonyl (C=O) groups excluding carboxylic acids is 1. The maximum absolute atomic E-state index is 13.0. The second-order valence-electron chi connectivity index (χ2n) is 7.62. The molecule has 3 aromatic rings. The molecule has 8 heteroatoms. The summed E-state index contributed by atoms with van der Waals surface area (Å²) in [6.45, 7) is 0.515. The van der Waals surface area contributed by atoms with Crippen molar-refractivity contribution in [1.29, 1.82) is 0 Å². The number of methoxy groups -OCH3 is 1. The predicted molar refractivity (Wildman–Crippen MR) is 131 cm³/mol. The number of hydrogen-bond donors (Lipinski definition) is 1. The average molecular weight is 493 g/mol. The number of halogens is 4. The van der Waals surface area contributed by atoms with Gasteiger partial charge < -0.3 is 15.0 Å². The van der Waals surface area contributed by atoms with Crippen LogP contribution in [0.15, 0.2) is 78.9 Å². The van der Waals surface area contributed by atoms with Gasteiger partial charge in [-0.3, -0.25) is 4.79 Å². The molecule has 0 aliphatic carbocycles. The Hall–Kier alpha value is -3.19. The topological polar surface area (TPSA) is 41.6 Å². The molecule has 0 aliphatic heterocycles. The summed E-state index contributed by atoms with van der Waals surface area (Å²) in [5.41, 5.74) is 1.81. The predicted octanol–water partition coefficient (Wildman–Crippen LogP) is 6.06. The van der Waals surface area contributed by atoms with Crippen LogP contribution < -0.4 is 15.0 Å². The van der Waals surface area contributed by atoms with E-state index in [0.29, 0.717) is 25.1 Å². The first-order chi connectivity index (χ1) is 15.8. The number of benzene rings is 3. The molecule has 0 radical (unpaired) electrons. The van der Waals surface area contributed by atoms with E-state index in [2.05, 4.69) is 5.32 Å². The van der Waals surface area contributed by atoms with Gasteiger partial charge in [0.25, 0.3) is 0 Å². The maximum Gasteiger partial charge on any atom is 0.416 e. The third kappa shape index (κ3) is 6.90. The zero-order valence-electron chi connectivity index (χ0n) is 19.0. The van der Waals surface area contributed by atoms with Crippen LogP contribution in [0.4, 0.5) is 18.9 Å². The molecule has 0 bridgehead atoms. The molecule has 0 heterocycles. The fraction of sp³-hybridized carbons (Fsp3) is 0.269. The third-order valence-electron chi connectivity index (χ3n) is 5.45. The first-order valence-electron chi connectivity index (χ1n) is 10.7. The van der Waals surface area contributed by atoms with E-state index >= 15 is 0 Å². The Kier molecular flexibility index (Phi) is 9.81. The number of nitrogens with zero attached hydrogens (tertiary/aromatic N) is 1. The Morgan fingerprint density at radius 2 is 1.68 bits per heavy atom. The van der Waals surface area contributed by atoms with Crippen molar-refractivity contribution in [1.82, 2.24) is 5.32 Å². The van der Waals surface area contributed by atoms with Gasteiger partial charge in [-0.2, -0.15) is 13.2 Å². The van der Waals surface area contributed by atoms with Crippen molar-refractivity contribution in [3.05, 3.63) is 95.6 Å². The SMILES string of the molecule is CNC(=O)[C@H](c1ccccc1)N(CCCc1ccc(C(F)(F)F)cc1)c1cccc(OC)c1.Cl. The van der Waals surface area contributed by atoms with Crippen molar-refractivity contribution < 1.29 is 22.7 Å². The Morgan fingerprint density at radius 1 is 1.00 bits per heavy atom. The van der Waals surface area contributed by atoms with Gasteiger partial charge in [-0.15, -0.1) is 12.4 Å². The van der Waals surface area contributed by atoms with Crippen LogP contribution in [0.1, 0.15) is 29.2 Å². The van der Waals surface area contributed by atoms with Crippen LogP contribution in [-0.2, 0) is 17.4 Å². The summed E-state index contributed by atoms with van der Waals surface area (Å²) in [5.74, 6) is 0.516. The number of alkyl halides is 3. The molecule has 3 rings (SSSR count). The van der Waals surface area contributed by atoms with Crippen LogP contribution in [0.25, 0.3) is 0 Å². The number of carbonyl (C=O) groups is 1. The summed E-state index contributed by atoms with van der Waals surface area (Å²) in [6.07, 6.45) is -3.13. The van der Waals surface area contributed by atoms with E-state index in [9.17, 15) is 18.0 Å². The van der Waals surface area contributed by atoms with Gasteiger partial charge in [-0.1, -0.05) is 48.5 Å². The fourth-order valence-electron chi connectivity index (χ4n) is 3.76. The van der Waals surface area contributed by atoms with E-state index in [1.54, 1.807) is 14.2 Å². The van der Waals surface area contributed by atoms with Crippen LogP contribution in [0.2, 0.25) is 0 Å². The minimum atomic E-state index is -4.35. The van der Waals surface area contributed by atoms with Crippen molar-refractivity contribution in [2.75, 3.05) is 25.6 Å². The molecule has 0 saturated heterocycles. The molecule has 0 aliphatic rings. The van der Waals surface area contributed by atoms with E-state index in [-0.39, 0.29) is 18.3 Å². The molecule has 1 N–H and O–H groups in total. The lowest BCUT2D eigenvalue weighted by molar-refractivity contribution is -0.137. The largest absolute Gasteiger partial charge is 0.497 e. The lowest BCUT2D eigenvalue weighted by Gasteiger charge is -2.33. The molecule has 0 saturated carbocycles. The van der Waals surface area contributed by atoms with Gasteiger partial charge in [0.2, 0.25) is 5.91 Å². The number of anilines is 1. The number of ether oxygens (including phenoxy) is 1. The zero-order chi connectivity index (χ0) is 23.8. The first kappa shape index (κ1) is 27.1. The number of rotatable bonds is 9. The molecular weight excluding hydrogens is 465 g/mol. The summed E-state index contributed by atoms with van der Waals surface area (Å²) in [5, 5.41) is 2.75. The minimum absolute atomic E-state index is 0. The first-order valence-corrected chi connectivity index (χ1v) is 10.7. The molecule has 0 spiro atoms.